The highest BCUT2D eigenvalue weighted by molar-refractivity contribution is 7.98. The number of aromatic nitrogens is 1. The molecular formula is C15H17FN2S. The summed E-state index contributed by atoms with van der Waals surface area (Å²) in [6, 6.07) is 9.40. The smallest absolute Gasteiger partial charge is 0.131 e. The number of thioether (sulfide) groups is 1. The molecule has 19 heavy (non-hydrogen) atoms. The normalized spacial score (nSPS) is 10.7. The Morgan fingerprint density at radius 2 is 1.95 bits per heavy atom. The van der Waals surface area contributed by atoms with Crippen molar-refractivity contribution in [2.45, 2.75) is 31.2 Å². The minimum atomic E-state index is -0.193. The molecule has 2 aromatic rings. The van der Waals surface area contributed by atoms with Crippen molar-refractivity contribution in [1.29, 1.82) is 0 Å². The molecule has 1 heterocycles. The lowest BCUT2D eigenvalue weighted by Gasteiger charge is -2.07. The van der Waals surface area contributed by atoms with Gasteiger partial charge in [-0.05, 0) is 37.1 Å². The zero-order valence-electron chi connectivity index (χ0n) is 11.1. The van der Waals surface area contributed by atoms with Crippen LogP contribution in [0.4, 0.5) is 4.39 Å². The van der Waals surface area contributed by atoms with Gasteiger partial charge in [0.05, 0.1) is 5.03 Å². The first-order chi connectivity index (χ1) is 9.10. The highest BCUT2D eigenvalue weighted by Gasteiger charge is 2.08. The van der Waals surface area contributed by atoms with Crippen molar-refractivity contribution in [2.75, 3.05) is 0 Å². The molecule has 0 aliphatic rings. The summed E-state index contributed by atoms with van der Waals surface area (Å²) in [5.74, 6) is 0.372. The van der Waals surface area contributed by atoms with Crippen LogP contribution >= 0.6 is 11.8 Å². The fourth-order valence-corrected chi connectivity index (χ4v) is 2.94. The molecular weight excluding hydrogens is 259 g/mol. The Morgan fingerprint density at radius 1 is 1.21 bits per heavy atom. The summed E-state index contributed by atoms with van der Waals surface area (Å²) >= 11 is 1.54. The van der Waals surface area contributed by atoms with E-state index in [1.807, 2.05) is 32.0 Å². The summed E-state index contributed by atoms with van der Waals surface area (Å²) in [4.78, 5) is 4.44. The Balaban J connectivity index is 2.14. The van der Waals surface area contributed by atoms with Gasteiger partial charge in [0.25, 0.3) is 0 Å². The van der Waals surface area contributed by atoms with Crippen LogP contribution in [0.25, 0.3) is 0 Å². The fourth-order valence-electron chi connectivity index (χ4n) is 1.93. The molecule has 2 nitrogen and oxygen atoms in total. The first-order valence-corrected chi connectivity index (χ1v) is 7.13. The molecule has 0 fully saturated rings. The number of hydrogen-bond donors (Lipinski definition) is 1. The van der Waals surface area contributed by atoms with Gasteiger partial charge in [-0.15, -0.1) is 11.8 Å². The minimum Gasteiger partial charge on any atom is -0.326 e. The van der Waals surface area contributed by atoms with Crippen molar-refractivity contribution in [3.8, 4) is 0 Å². The van der Waals surface area contributed by atoms with Crippen LogP contribution in [-0.2, 0) is 12.3 Å². The van der Waals surface area contributed by atoms with E-state index in [9.17, 15) is 4.39 Å². The predicted octanol–water partition coefficient (Wildman–Crippen LogP) is 3.59. The molecule has 1 aromatic heterocycles. The maximum Gasteiger partial charge on any atom is 0.131 e. The van der Waals surface area contributed by atoms with Crippen LogP contribution in [0.1, 0.15) is 22.4 Å². The van der Waals surface area contributed by atoms with Crippen molar-refractivity contribution in [2.24, 2.45) is 5.73 Å². The standard InChI is InChI=1S/C15H17FN2S/c1-10-6-11(2)18-14(7-10)19-9-13-5-3-4-12(8-17)15(13)16/h3-7H,8-9,17H2,1-2H3. The summed E-state index contributed by atoms with van der Waals surface area (Å²) in [6.45, 7) is 4.23. The van der Waals surface area contributed by atoms with Crippen molar-refractivity contribution in [1.82, 2.24) is 4.98 Å². The van der Waals surface area contributed by atoms with Crippen LogP contribution in [-0.4, -0.2) is 4.98 Å². The summed E-state index contributed by atoms with van der Waals surface area (Å²) < 4.78 is 14.0. The quantitative estimate of drug-likeness (QED) is 0.867. The van der Waals surface area contributed by atoms with Crippen LogP contribution in [0.2, 0.25) is 0 Å². The van der Waals surface area contributed by atoms with Gasteiger partial charge in [0.2, 0.25) is 0 Å². The number of halogens is 1. The van der Waals surface area contributed by atoms with E-state index in [0.29, 0.717) is 16.9 Å². The molecule has 4 heteroatoms. The van der Waals surface area contributed by atoms with E-state index >= 15 is 0 Å². The summed E-state index contributed by atoms with van der Waals surface area (Å²) in [5, 5.41) is 0.926. The van der Waals surface area contributed by atoms with E-state index < -0.39 is 0 Å². The number of pyridine rings is 1. The molecule has 0 aliphatic heterocycles. The van der Waals surface area contributed by atoms with Gasteiger partial charge in [0.15, 0.2) is 0 Å². The lowest BCUT2D eigenvalue weighted by atomic mass is 10.1. The SMILES string of the molecule is Cc1cc(C)nc(SCc2cccc(CN)c2F)c1. The van der Waals surface area contributed by atoms with Gasteiger partial charge < -0.3 is 5.73 Å². The van der Waals surface area contributed by atoms with Gasteiger partial charge >= 0.3 is 0 Å². The van der Waals surface area contributed by atoms with Crippen molar-refractivity contribution in [3.05, 3.63) is 58.5 Å². The third-order valence-electron chi connectivity index (χ3n) is 2.83. The average molecular weight is 276 g/mol. The van der Waals surface area contributed by atoms with E-state index in [1.54, 1.807) is 23.9 Å². The summed E-state index contributed by atoms with van der Waals surface area (Å²) in [7, 11) is 0. The van der Waals surface area contributed by atoms with Gasteiger partial charge in [-0.1, -0.05) is 18.2 Å². The maximum absolute atomic E-state index is 14.0. The van der Waals surface area contributed by atoms with E-state index in [0.717, 1.165) is 10.7 Å². The Morgan fingerprint density at radius 3 is 2.63 bits per heavy atom. The second-order valence-electron chi connectivity index (χ2n) is 4.51. The van der Waals surface area contributed by atoms with Crippen LogP contribution in [0, 0.1) is 19.7 Å². The summed E-state index contributed by atoms with van der Waals surface area (Å²) in [6.07, 6.45) is 0. The zero-order valence-corrected chi connectivity index (χ0v) is 11.9. The number of nitrogens with two attached hydrogens (primary N) is 1. The first kappa shape index (κ1) is 14.0. The van der Waals surface area contributed by atoms with Crippen LogP contribution in [0.5, 0.6) is 0 Å². The predicted molar refractivity (Wildman–Crippen MR) is 77.6 cm³/mol. The lowest BCUT2D eigenvalue weighted by molar-refractivity contribution is 0.600. The molecule has 100 valence electrons. The second kappa shape index (κ2) is 6.17. The molecule has 0 amide bonds. The molecule has 2 N–H and O–H groups in total. The summed E-state index contributed by atoms with van der Waals surface area (Å²) in [5.41, 5.74) is 8.90. The highest BCUT2D eigenvalue weighted by Crippen LogP contribution is 2.24. The minimum absolute atomic E-state index is 0.193. The number of aryl methyl sites for hydroxylation is 2. The molecule has 0 radical (unpaired) electrons. The Hall–Kier alpha value is -1.39. The molecule has 0 saturated heterocycles. The Bertz CT molecular complexity index is 564. The molecule has 0 unspecified atom stereocenters. The van der Waals surface area contributed by atoms with Gasteiger partial charge in [0.1, 0.15) is 5.82 Å². The molecule has 1 aromatic carbocycles. The second-order valence-corrected chi connectivity index (χ2v) is 5.50. The third kappa shape index (κ3) is 3.55. The molecule has 0 spiro atoms. The third-order valence-corrected chi connectivity index (χ3v) is 3.79. The molecule has 0 bridgehead atoms. The molecule has 2 rings (SSSR count). The van der Waals surface area contributed by atoms with Gasteiger partial charge in [-0.25, -0.2) is 9.37 Å². The van der Waals surface area contributed by atoms with Crippen LogP contribution in [0.15, 0.2) is 35.4 Å². The van der Waals surface area contributed by atoms with Gasteiger partial charge in [-0.2, -0.15) is 0 Å². The molecule has 0 aliphatic carbocycles. The van der Waals surface area contributed by atoms with Gasteiger partial charge in [0, 0.05) is 23.6 Å². The number of rotatable bonds is 4. The number of nitrogens with zero attached hydrogens (tertiary/aromatic N) is 1. The topological polar surface area (TPSA) is 38.9 Å². The van der Waals surface area contributed by atoms with E-state index in [4.69, 9.17) is 5.73 Å². The number of hydrogen-bond acceptors (Lipinski definition) is 3. The van der Waals surface area contributed by atoms with Crippen molar-refractivity contribution >= 4 is 11.8 Å². The van der Waals surface area contributed by atoms with E-state index in [1.165, 1.54) is 5.56 Å². The van der Waals surface area contributed by atoms with Crippen LogP contribution in [0.3, 0.4) is 0 Å². The average Bonchev–Trinajstić information content (AvgIpc) is 2.36. The first-order valence-electron chi connectivity index (χ1n) is 6.14. The maximum atomic E-state index is 14.0. The number of benzene rings is 1. The fraction of sp³-hybridized carbons (Fsp3) is 0.267. The van der Waals surface area contributed by atoms with E-state index in [-0.39, 0.29) is 12.4 Å². The largest absolute Gasteiger partial charge is 0.326 e. The molecule has 0 saturated carbocycles. The lowest BCUT2D eigenvalue weighted by Crippen LogP contribution is -2.02. The zero-order chi connectivity index (χ0) is 13.8. The van der Waals surface area contributed by atoms with Crippen LogP contribution < -0.4 is 5.73 Å². The van der Waals surface area contributed by atoms with Gasteiger partial charge in [-0.3, -0.25) is 0 Å². The van der Waals surface area contributed by atoms with Crippen molar-refractivity contribution in [3.63, 3.8) is 0 Å². The van der Waals surface area contributed by atoms with Crippen molar-refractivity contribution < 1.29 is 4.39 Å². The molecule has 0 atom stereocenters. The Kier molecular flexibility index (Phi) is 4.56. The highest BCUT2D eigenvalue weighted by atomic mass is 32.2. The Labute approximate surface area is 117 Å². The monoisotopic (exact) mass is 276 g/mol. The van der Waals surface area contributed by atoms with E-state index in [2.05, 4.69) is 4.98 Å².